The van der Waals surface area contributed by atoms with E-state index in [-0.39, 0.29) is 17.7 Å². The van der Waals surface area contributed by atoms with Crippen LogP contribution in [0.1, 0.15) is 20.8 Å². The summed E-state index contributed by atoms with van der Waals surface area (Å²) in [7, 11) is -1.43. The molecule has 1 unspecified atom stereocenters. The average molecular weight is 371 g/mol. The van der Waals surface area contributed by atoms with Crippen LogP contribution in [-0.2, 0) is 9.84 Å². The number of nitrogens with zero attached hydrogens (tertiary/aromatic N) is 2. The Morgan fingerprint density at radius 1 is 1.48 bits per heavy atom. The number of rotatable bonds is 4. The first-order valence-electron chi connectivity index (χ1n) is 8.25. The fourth-order valence-corrected chi connectivity index (χ4v) is 4.07. The Bertz CT molecular complexity index is 734. The van der Waals surface area contributed by atoms with Crippen LogP contribution in [0.15, 0.2) is 29.3 Å². The standard InChI is InChI=1S/C17H26FN3O3S/c1-13(24-15-7-5-6-14(18)10-15)11-20-16(19-4)21-8-9-25(22,23)17(2,3)12-21/h5-7,10,13H,8-9,11-12H2,1-4H3,(H,19,20). The highest BCUT2D eigenvalue weighted by molar-refractivity contribution is 7.92. The van der Waals surface area contributed by atoms with Crippen LogP contribution in [-0.4, -0.2) is 62.6 Å². The molecule has 0 spiro atoms. The van der Waals surface area contributed by atoms with E-state index in [1.807, 2.05) is 11.8 Å². The summed E-state index contributed by atoms with van der Waals surface area (Å²) < 4.78 is 42.3. The Morgan fingerprint density at radius 3 is 2.80 bits per heavy atom. The minimum Gasteiger partial charge on any atom is -0.489 e. The van der Waals surface area contributed by atoms with E-state index in [0.29, 0.717) is 31.3 Å². The monoisotopic (exact) mass is 371 g/mol. The van der Waals surface area contributed by atoms with Gasteiger partial charge in [-0.2, -0.15) is 0 Å². The van der Waals surface area contributed by atoms with Crippen molar-refractivity contribution in [1.82, 2.24) is 10.2 Å². The highest BCUT2D eigenvalue weighted by atomic mass is 32.2. The molecule has 0 aliphatic carbocycles. The summed E-state index contributed by atoms with van der Waals surface area (Å²) in [6.07, 6.45) is -0.208. The lowest BCUT2D eigenvalue weighted by Gasteiger charge is -2.39. The van der Waals surface area contributed by atoms with E-state index < -0.39 is 14.6 Å². The zero-order valence-electron chi connectivity index (χ0n) is 15.1. The number of hydrogen-bond donors (Lipinski definition) is 1. The summed E-state index contributed by atoms with van der Waals surface area (Å²) in [6, 6.07) is 6.00. The van der Waals surface area contributed by atoms with Gasteiger partial charge in [0.25, 0.3) is 0 Å². The highest BCUT2D eigenvalue weighted by Gasteiger charge is 2.40. The smallest absolute Gasteiger partial charge is 0.193 e. The van der Waals surface area contributed by atoms with E-state index >= 15 is 0 Å². The summed E-state index contributed by atoms with van der Waals surface area (Å²) in [6.45, 7) is 6.59. The van der Waals surface area contributed by atoms with Crippen LogP contribution in [0.4, 0.5) is 4.39 Å². The zero-order valence-corrected chi connectivity index (χ0v) is 15.9. The van der Waals surface area contributed by atoms with Gasteiger partial charge in [-0.3, -0.25) is 4.99 Å². The molecule has 1 heterocycles. The Balaban J connectivity index is 1.92. The fraction of sp³-hybridized carbons (Fsp3) is 0.588. The number of ether oxygens (including phenoxy) is 1. The van der Waals surface area contributed by atoms with Gasteiger partial charge >= 0.3 is 0 Å². The lowest BCUT2D eigenvalue weighted by atomic mass is 10.2. The molecule has 1 aromatic rings. The topological polar surface area (TPSA) is 71.0 Å². The third-order valence-corrected chi connectivity index (χ3v) is 6.77. The molecule has 0 radical (unpaired) electrons. The number of nitrogens with one attached hydrogen (secondary N) is 1. The maximum Gasteiger partial charge on any atom is 0.193 e. The normalized spacial score (nSPS) is 20.8. The summed E-state index contributed by atoms with van der Waals surface area (Å²) in [5.41, 5.74) is 0. The van der Waals surface area contributed by atoms with E-state index in [9.17, 15) is 12.8 Å². The van der Waals surface area contributed by atoms with Crippen molar-refractivity contribution >= 4 is 15.8 Å². The summed E-state index contributed by atoms with van der Waals surface area (Å²) in [5.74, 6) is 0.869. The molecule has 1 aromatic carbocycles. The third kappa shape index (κ3) is 4.84. The molecule has 1 aliphatic rings. The molecule has 0 aromatic heterocycles. The molecule has 1 aliphatic heterocycles. The molecule has 6 nitrogen and oxygen atoms in total. The van der Waals surface area contributed by atoms with Crippen molar-refractivity contribution in [1.29, 1.82) is 0 Å². The van der Waals surface area contributed by atoms with Gasteiger partial charge in [-0.1, -0.05) is 6.07 Å². The van der Waals surface area contributed by atoms with Crippen LogP contribution in [0.5, 0.6) is 5.75 Å². The van der Waals surface area contributed by atoms with Crippen LogP contribution in [0.2, 0.25) is 0 Å². The predicted octanol–water partition coefficient (Wildman–Crippen LogP) is 1.68. The van der Waals surface area contributed by atoms with Gasteiger partial charge in [-0.25, -0.2) is 12.8 Å². The molecule has 25 heavy (non-hydrogen) atoms. The molecule has 0 bridgehead atoms. The Labute approximate surface area is 149 Å². The fourth-order valence-electron chi connectivity index (χ4n) is 2.71. The van der Waals surface area contributed by atoms with Gasteiger partial charge in [0.2, 0.25) is 0 Å². The van der Waals surface area contributed by atoms with Gasteiger partial charge in [0.15, 0.2) is 15.8 Å². The van der Waals surface area contributed by atoms with Crippen LogP contribution >= 0.6 is 0 Å². The van der Waals surface area contributed by atoms with Gasteiger partial charge in [0, 0.05) is 26.2 Å². The Kier molecular flexibility index (Phi) is 5.92. The van der Waals surface area contributed by atoms with Crippen molar-refractivity contribution in [2.24, 2.45) is 4.99 Å². The number of halogens is 1. The SMILES string of the molecule is CN=C(NCC(C)Oc1cccc(F)c1)N1CCS(=O)(=O)C(C)(C)C1. The molecule has 140 valence electrons. The second-order valence-corrected chi connectivity index (χ2v) is 9.56. The maximum absolute atomic E-state index is 13.2. The summed E-state index contributed by atoms with van der Waals surface area (Å²) in [4.78, 5) is 6.18. The van der Waals surface area contributed by atoms with E-state index in [1.165, 1.54) is 12.1 Å². The number of hydrogen-bond acceptors (Lipinski definition) is 4. The number of aliphatic imine (C=N–C) groups is 1. The Morgan fingerprint density at radius 2 is 2.20 bits per heavy atom. The van der Waals surface area contributed by atoms with Crippen molar-refractivity contribution in [3.05, 3.63) is 30.1 Å². The van der Waals surface area contributed by atoms with Crippen molar-refractivity contribution in [2.45, 2.75) is 31.6 Å². The molecule has 2 rings (SSSR count). The molecule has 1 N–H and O–H groups in total. The minimum atomic E-state index is -3.10. The van der Waals surface area contributed by atoms with Crippen LogP contribution in [0.25, 0.3) is 0 Å². The van der Waals surface area contributed by atoms with E-state index in [2.05, 4.69) is 10.3 Å². The lowest BCUT2D eigenvalue weighted by molar-refractivity contribution is 0.220. The predicted molar refractivity (Wildman–Crippen MR) is 97.3 cm³/mol. The lowest BCUT2D eigenvalue weighted by Crippen LogP contribution is -2.57. The van der Waals surface area contributed by atoms with Crippen molar-refractivity contribution < 1.29 is 17.5 Å². The average Bonchev–Trinajstić information content (AvgIpc) is 2.51. The number of guanidine groups is 1. The first kappa shape index (κ1) is 19.5. The second-order valence-electron chi connectivity index (χ2n) is 6.81. The second kappa shape index (κ2) is 7.59. The number of sulfone groups is 1. The van der Waals surface area contributed by atoms with Crippen molar-refractivity contribution in [3.8, 4) is 5.75 Å². The first-order chi connectivity index (χ1) is 11.6. The molecule has 1 fully saturated rings. The molecular formula is C17H26FN3O3S. The van der Waals surface area contributed by atoms with Crippen LogP contribution < -0.4 is 10.1 Å². The third-order valence-electron chi connectivity index (χ3n) is 4.24. The van der Waals surface area contributed by atoms with Gasteiger partial charge < -0.3 is 15.0 Å². The zero-order chi connectivity index (χ0) is 18.7. The van der Waals surface area contributed by atoms with E-state index in [1.54, 1.807) is 33.0 Å². The van der Waals surface area contributed by atoms with Gasteiger partial charge in [-0.15, -0.1) is 0 Å². The molecule has 1 atom stereocenters. The van der Waals surface area contributed by atoms with E-state index in [4.69, 9.17) is 4.74 Å². The van der Waals surface area contributed by atoms with E-state index in [0.717, 1.165) is 0 Å². The summed E-state index contributed by atoms with van der Waals surface area (Å²) in [5, 5.41) is 3.20. The maximum atomic E-state index is 13.2. The molecule has 8 heteroatoms. The minimum absolute atomic E-state index is 0.107. The summed E-state index contributed by atoms with van der Waals surface area (Å²) >= 11 is 0. The molecule has 1 saturated heterocycles. The quantitative estimate of drug-likeness (QED) is 0.644. The van der Waals surface area contributed by atoms with Crippen LogP contribution in [0.3, 0.4) is 0 Å². The van der Waals surface area contributed by atoms with Crippen LogP contribution in [0, 0.1) is 5.82 Å². The van der Waals surface area contributed by atoms with Gasteiger partial charge in [-0.05, 0) is 32.9 Å². The van der Waals surface area contributed by atoms with Crippen molar-refractivity contribution in [2.75, 3.05) is 32.4 Å². The largest absolute Gasteiger partial charge is 0.489 e. The van der Waals surface area contributed by atoms with Crippen molar-refractivity contribution in [3.63, 3.8) is 0 Å². The first-order valence-corrected chi connectivity index (χ1v) is 9.90. The number of benzene rings is 1. The molecule has 0 saturated carbocycles. The molecule has 0 amide bonds. The van der Waals surface area contributed by atoms with Gasteiger partial charge in [0.05, 0.1) is 17.0 Å². The Hall–Kier alpha value is -1.83. The molecular weight excluding hydrogens is 345 g/mol. The highest BCUT2D eigenvalue weighted by Crippen LogP contribution is 2.23. The van der Waals surface area contributed by atoms with Gasteiger partial charge in [0.1, 0.15) is 17.7 Å².